The maximum Gasteiger partial charge on any atom is 0.356 e. The number of rotatable bonds is 6. The summed E-state index contributed by atoms with van der Waals surface area (Å²) in [7, 11) is 0. The number of hydrogen-bond acceptors (Lipinski definition) is 6. The largest absolute Gasteiger partial charge is 0.462 e. The molecule has 1 saturated carbocycles. The molecule has 6 nitrogen and oxygen atoms in total. The second-order valence-electron chi connectivity index (χ2n) is 5.48. The van der Waals surface area contributed by atoms with Crippen molar-refractivity contribution in [1.82, 2.24) is 9.97 Å². The molecule has 1 aromatic heterocycles. The van der Waals surface area contributed by atoms with Gasteiger partial charge in [0, 0.05) is 0 Å². The van der Waals surface area contributed by atoms with E-state index in [0.29, 0.717) is 17.5 Å². The van der Waals surface area contributed by atoms with Crippen molar-refractivity contribution in [3.8, 4) is 0 Å². The molecule has 2 rings (SSSR count). The van der Waals surface area contributed by atoms with E-state index in [-0.39, 0.29) is 17.8 Å². The van der Waals surface area contributed by atoms with Crippen molar-refractivity contribution in [3.63, 3.8) is 0 Å². The average molecular weight is 326 g/mol. The number of imidazole rings is 1. The Balaban J connectivity index is 1.73. The van der Waals surface area contributed by atoms with Crippen LogP contribution < -0.4 is 0 Å². The first-order chi connectivity index (χ1) is 10.6. The summed E-state index contributed by atoms with van der Waals surface area (Å²) >= 11 is 1.22. The number of H-pyrrole nitrogens is 1. The molecule has 1 fully saturated rings. The van der Waals surface area contributed by atoms with Gasteiger partial charge in [0.05, 0.1) is 18.6 Å². The lowest BCUT2D eigenvalue weighted by Gasteiger charge is -2.25. The standard InChI is InChI=1S/C15H22N2O4S/c1-3-20-14(19)12-8-16-15(17-12)22-9-13(18)21-11-6-4-10(2)5-7-11/h8,10-11H,3-7,9H2,1-2H3,(H,16,17). The molecule has 0 radical (unpaired) electrons. The molecule has 0 saturated heterocycles. The third kappa shape index (κ3) is 5.05. The first-order valence-corrected chi connectivity index (χ1v) is 8.61. The van der Waals surface area contributed by atoms with Crippen LogP contribution in [-0.2, 0) is 14.3 Å². The van der Waals surface area contributed by atoms with E-state index in [1.165, 1.54) is 18.0 Å². The first-order valence-electron chi connectivity index (χ1n) is 7.63. The lowest BCUT2D eigenvalue weighted by Crippen LogP contribution is -2.24. The molecule has 1 aliphatic carbocycles. The molecular weight excluding hydrogens is 304 g/mol. The van der Waals surface area contributed by atoms with E-state index in [4.69, 9.17) is 9.47 Å². The van der Waals surface area contributed by atoms with Crippen molar-refractivity contribution < 1.29 is 19.1 Å². The summed E-state index contributed by atoms with van der Waals surface area (Å²) in [6, 6.07) is 0. The van der Waals surface area contributed by atoms with Gasteiger partial charge in [-0.1, -0.05) is 18.7 Å². The molecular formula is C15H22N2O4S. The van der Waals surface area contributed by atoms with Crippen LogP contribution in [0.5, 0.6) is 0 Å². The van der Waals surface area contributed by atoms with E-state index in [1.54, 1.807) is 6.92 Å². The molecule has 0 aromatic carbocycles. The van der Waals surface area contributed by atoms with Crippen LogP contribution in [0.3, 0.4) is 0 Å². The Morgan fingerprint density at radius 3 is 2.77 bits per heavy atom. The summed E-state index contributed by atoms with van der Waals surface area (Å²) < 4.78 is 10.3. The predicted octanol–water partition coefficient (Wildman–Crippen LogP) is 2.80. The van der Waals surface area contributed by atoms with Crippen molar-refractivity contribution in [2.24, 2.45) is 5.92 Å². The summed E-state index contributed by atoms with van der Waals surface area (Å²) in [4.78, 5) is 30.2. The highest BCUT2D eigenvalue weighted by atomic mass is 32.2. The van der Waals surface area contributed by atoms with E-state index < -0.39 is 5.97 Å². The molecule has 7 heteroatoms. The van der Waals surface area contributed by atoms with Crippen molar-refractivity contribution in [1.29, 1.82) is 0 Å². The number of ether oxygens (including phenoxy) is 2. The monoisotopic (exact) mass is 326 g/mol. The topological polar surface area (TPSA) is 81.3 Å². The number of thioether (sulfide) groups is 1. The number of hydrogen-bond donors (Lipinski definition) is 1. The average Bonchev–Trinajstić information content (AvgIpc) is 2.97. The molecule has 22 heavy (non-hydrogen) atoms. The summed E-state index contributed by atoms with van der Waals surface area (Å²) in [5.41, 5.74) is 0.291. The van der Waals surface area contributed by atoms with Crippen molar-refractivity contribution in [3.05, 3.63) is 11.9 Å². The highest BCUT2D eigenvalue weighted by Gasteiger charge is 2.21. The van der Waals surface area contributed by atoms with E-state index >= 15 is 0 Å². The Morgan fingerprint density at radius 2 is 2.09 bits per heavy atom. The zero-order valence-corrected chi connectivity index (χ0v) is 13.8. The van der Waals surface area contributed by atoms with Crippen LogP contribution in [0.1, 0.15) is 50.0 Å². The summed E-state index contributed by atoms with van der Waals surface area (Å²) in [5, 5.41) is 0.511. The second-order valence-corrected chi connectivity index (χ2v) is 6.45. The van der Waals surface area contributed by atoms with Gasteiger partial charge in [-0.25, -0.2) is 9.78 Å². The number of aromatic nitrogens is 2. The van der Waals surface area contributed by atoms with Crippen LogP contribution in [0.4, 0.5) is 0 Å². The third-order valence-corrected chi connectivity index (χ3v) is 4.50. The summed E-state index contributed by atoms with van der Waals surface area (Å²) in [5.74, 6) is 0.232. The minimum absolute atomic E-state index is 0.0518. The Morgan fingerprint density at radius 1 is 1.36 bits per heavy atom. The Bertz CT molecular complexity index is 509. The fraction of sp³-hybridized carbons (Fsp3) is 0.667. The van der Waals surface area contributed by atoms with Gasteiger partial charge in [-0.05, 0) is 38.5 Å². The lowest BCUT2D eigenvalue weighted by atomic mass is 9.89. The zero-order valence-electron chi connectivity index (χ0n) is 13.0. The van der Waals surface area contributed by atoms with Crippen LogP contribution in [-0.4, -0.2) is 40.4 Å². The van der Waals surface area contributed by atoms with Crippen molar-refractivity contribution in [2.75, 3.05) is 12.4 Å². The maximum absolute atomic E-state index is 11.8. The minimum Gasteiger partial charge on any atom is -0.462 e. The molecule has 0 atom stereocenters. The Hall–Kier alpha value is -1.50. The van der Waals surface area contributed by atoms with Gasteiger partial charge in [0.25, 0.3) is 0 Å². The van der Waals surface area contributed by atoms with Crippen molar-refractivity contribution >= 4 is 23.7 Å². The van der Waals surface area contributed by atoms with Gasteiger partial charge >= 0.3 is 11.9 Å². The normalized spacial score (nSPS) is 21.4. The van der Waals surface area contributed by atoms with Gasteiger partial charge in [-0.3, -0.25) is 4.79 Å². The molecule has 1 N–H and O–H groups in total. The van der Waals surface area contributed by atoms with Crippen LogP contribution in [0.15, 0.2) is 11.4 Å². The highest BCUT2D eigenvalue weighted by Crippen LogP contribution is 2.26. The quantitative estimate of drug-likeness (QED) is 0.639. The second kappa shape index (κ2) is 8.22. The highest BCUT2D eigenvalue weighted by molar-refractivity contribution is 7.99. The minimum atomic E-state index is -0.444. The van der Waals surface area contributed by atoms with Crippen LogP contribution in [0.25, 0.3) is 0 Å². The molecule has 1 aromatic rings. The number of esters is 2. The van der Waals surface area contributed by atoms with Gasteiger partial charge in [0.15, 0.2) is 5.16 Å². The molecule has 122 valence electrons. The molecule has 1 aliphatic rings. The third-order valence-electron chi connectivity index (χ3n) is 3.64. The lowest BCUT2D eigenvalue weighted by molar-refractivity contribution is -0.147. The number of carbonyl (C=O) groups is 2. The Labute approximate surface area is 134 Å². The van der Waals surface area contributed by atoms with Gasteiger partial charge in [-0.2, -0.15) is 0 Å². The molecule has 1 heterocycles. The van der Waals surface area contributed by atoms with Crippen LogP contribution in [0.2, 0.25) is 0 Å². The van der Waals surface area contributed by atoms with Gasteiger partial charge in [0.2, 0.25) is 0 Å². The number of aromatic amines is 1. The number of nitrogens with one attached hydrogen (secondary N) is 1. The van der Waals surface area contributed by atoms with E-state index in [2.05, 4.69) is 16.9 Å². The van der Waals surface area contributed by atoms with Crippen LogP contribution in [0, 0.1) is 5.92 Å². The fourth-order valence-electron chi connectivity index (χ4n) is 2.38. The van der Waals surface area contributed by atoms with E-state index in [0.717, 1.165) is 31.6 Å². The van der Waals surface area contributed by atoms with Gasteiger partial charge in [0.1, 0.15) is 11.8 Å². The molecule has 0 aliphatic heterocycles. The fourth-order valence-corrected chi connectivity index (χ4v) is 3.02. The molecule has 0 spiro atoms. The van der Waals surface area contributed by atoms with Crippen molar-refractivity contribution in [2.45, 2.75) is 50.8 Å². The summed E-state index contributed by atoms with van der Waals surface area (Å²) in [6.07, 6.45) is 5.60. The van der Waals surface area contributed by atoms with Gasteiger partial charge in [-0.15, -0.1) is 0 Å². The molecule has 0 amide bonds. The smallest absolute Gasteiger partial charge is 0.356 e. The van der Waals surface area contributed by atoms with E-state index in [1.807, 2.05) is 0 Å². The number of carbonyl (C=O) groups excluding carboxylic acids is 2. The maximum atomic E-state index is 11.8. The number of nitrogens with zero attached hydrogens (tertiary/aromatic N) is 1. The zero-order chi connectivity index (χ0) is 15.9. The first kappa shape index (κ1) is 16.9. The Kier molecular flexibility index (Phi) is 6.30. The predicted molar refractivity (Wildman–Crippen MR) is 82.8 cm³/mol. The SMILES string of the molecule is CCOC(=O)c1cnc(SCC(=O)OC2CCC(C)CC2)[nH]1. The van der Waals surface area contributed by atoms with E-state index in [9.17, 15) is 9.59 Å². The summed E-state index contributed by atoms with van der Waals surface area (Å²) in [6.45, 7) is 4.28. The van der Waals surface area contributed by atoms with Gasteiger partial charge < -0.3 is 14.5 Å². The molecule has 0 unspecified atom stereocenters. The van der Waals surface area contributed by atoms with Crippen LogP contribution >= 0.6 is 11.8 Å². The molecule has 0 bridgehead atoms.